The third-order valence-electron chi connectivity index (χ3n) is 7.83. The molecule has 0 N–H and O–H groups in total. The summed E-state index contributed by atoms with van der Waals surface area (Å²) in [5, 5.41) is 0. The van der Waals surface area contributed by atoms with Crippen molar-refractivity contribution in [2.75, 3.05) is 0 Å². The van der Waals surface area contributed by atoms with Crippen molar-refractivity contribution >= 4 is 17.3 Å². The summed E-state index contributed by atoms with van der Waals surface area (Å²) in [5.41, 5.74) is 9.62. The van der Waals surface area contributed by atoms with E-state index < -0.39 is 0 Å². The highest BCUT2D eigenvalue weighted by molar-refractivity contribution is 7.99. The van der Waals surface area contributed by atoms with Gasteiger partial charge in [-0.05, 0) is 101 Å². The maximum atomic E-state index is 4.54. The van der Waals surface area contributed by atoms with Crippen molar-refractivity contribution in [3.8, 4) is 0 Å². The molecular weight excluding hydrogens is 440 g/mol. The summed E-state index contributed by atoms with van der Waals surface area (Å²) in [7, 11) is 0. The topological polar surface area (TPSA) is 0 Å². The number of hydrogen-bond donors (Lipinski definition) is 0. The van der Waals surface area contributed by atoms with E-state index in [1.807, 2.05) is 11.8 Å². The maximum Gasteiger partial charge on any atom is 0.0125 e. The highest BCUT2D eigenvalue weighted by atomic mass is 32.2. The lowest BCUT2D eigenvalue weighted by atomic mass is 9.79. The Morgan fingerprint density at radius 3 is 1.94 bits per heavy atom. The van der Waals surface area contributed by atoms with E-state index in [9.17, 15) is 0 Å². The Kier molecular flexibility index (Phi) is 8.76. The van der Waals surface area contributed by atoms with Crippen LogP contribution in [-0.2, 0) is 11.8 Å². The smallest absolute Gasteiger partial charge is 0.0125 e. The van der Waals surface area contributed by atoms with Gasteiger partial charge in [0.15, 0.2) is 0 Å². The lowest BCUT2D eigenvalue weighted by molar-refractivity contribution is 0.273. The van der Waals surface area contributed by atoms with Crippen LogP contribution >= 0.6 is 11.8 Å². The number of rotatable bonds is 9. The Bertz CT molecular complexity index is 1150. The first-order chi connectivity index (χ1) is 16.5. The molecule has 1 heteroatoms. The Balaban J connectivity index is 1.77. The molecule has 3 aromatic rings. The fraction of sp³-hybridized carbons (Fsp3) is 0.412. The highest BCUT2D eigenvalue weighted by Gasteiger charge is 2.19. The Morgan fingerprint density at radius 2 is 1.37 bits per heavy atom. The number of aryl methyl sites for hydroxylation is 3. The lowest BCUT2D eigenvalue weighted by Gasteiger charge is -2.26. The zero-order valence-corrected chi connectivity index (χ0v) is 24.0. The first-order valence-corrected chi connectivity index (χ1v) is 14.0. The fourth-order valence-corrected chi connectivity index (χ4v) is 5.46. The van der Waals surface area contributed by atoms with Crippen LogP contribution in [0.1, 0.15) is 94.2 Å². The summed E-state index contributed by atoms with van der Waals surface area (Å²) in [6, 6.07) is 22.7. The van der Waals surface area contributed by atoms with E-state index in [1.165, 1.54) is 62.4 Å². The summed E-state index contributed by atoms with van der Waals surface area (Å²) < 4.78 is 0. The van der Waals surface area contributed by atoms with Gasteiger partial charge in [0, 0.05) is 9.79 Å². The molecule has 0 spiro atoms. The Morgan fingerprint density at radius 1 is 0.743 bits per heavy atom. The quantitative estimate of drug-likeness (QED) is 0.291. The summed E-state index contributed by atoms with van der Waals surface area (Å²) in [5.74, 6) is 0. The molecule has 35 heavy (non-hydrogen) atoms. The molecule has 0 bridgehead atoms. The third kappa shape index (κ3) is 6.91. The molecule has 0 aliphatic rings. The van der Waals surface area contributed by atoms with Crippen molar-refractivity contribution in [2.45, 2.75) is 96.3 Å². The first kappa shape index (κ1) is 27.3. The second kappa shape index (κ2) is 11.2. The van der Waals surface area contributed by atoms with E-state index in [0.717, 1.165) is 12.0 Å². The van der Waals surface area contributed by atoms with Gasteiger partial charge >= 0.3 is 0 Å². The van der Waals surface area contributed by atoms with Crippen LogP contribution in [0.3, 0.4) is 0 Å². The number of hydrogen-bond acceptors (Lipinski definition) is 1. The molecule has 3 rings (SSSR count). The molecular formula is C34H44S. The van der Waals surface area contributed by atoms with Gasteiger partial charge in [0.1, 0.15) is 0 Å². The molecule has 0 radical (unpaired) electrons. The molecule has 0 amide bonds. The van der Waals surface area contributed by atoms with Crippen LogP contribution in [0.25, 0.3) is 5.57 Å². The van der Waals surface area contributed by atoms with E-state index in [0.29, 0.717) is 5.41 Å². The Hall–Kier alpha value is -2.25. The van der Waals surface area contributed by atoms with Gasteiger partial charge in [0.25, 0.3) is 0 Å². The highest BCUT2D eigenvalue weighted by Crippen LogP contribution is 2.35. The van der Waals surface area contributed by atoms with E-state index in [4.69, 9.17) is 0 Å². The van der Waals surface area contributed by atoms with Gasteiger partial charge in [0.2, 0.25) is 0 Å². The van der Waals surface area contributed by atoms with E-state index in [2.05, 4.69) is 123 Å². The molecule has 0 fully saturated rings. The van der Waals surface area contributed by atoms with E-state index in [1.54, 1.807) is 0 Å². The van der Waals surface area contributed by atoms with Crippen molar-refractivity contribution in [2.24, 2.45) is 5.41 Å². The van der Waals surface area contributed by atoms with Crippen LogP contribution in [0.4, 0.5) is 0 Å². The van der Waals surface area contributed by atoms with Crippen LogP contribution in [0, 0.1) is 19.3 Å². The van der Waals surface area contributed by atoms with Gasteiger partial charge in [-0.3, -0.25) is 0 Å². The summed E-state index contributed by atoms with van der Waals surface area (Å²) >= 11 is 1.83. The minimum Gasteiger partial charge on any atom is -0.0905 e. The summed E-state index contributed by atoms with van der Waals surface area (Å²) in [6.45, 7) is 22.8. The zero-order valence-electron chi connectivity index (χ0n) is 23.2. The van der Waals surface area contributed by atoms with Gasteiger partial charge in [-0.15, -0.1) is 0 Å². The van der Waals surface area contributed by atoms with Crippen molar-refractivity contribution in [3.05, 3.63) is 101 Å². The monoisotopic (exact) mass is 484 g/mol. The van der Waals surface area contributed by atoms with Crippen molar-refractivity contribution in [1.82, 2.24) is 0 Å². The summed E-state index contributed by atoms with van der Waals surface area (Å²) in [4.78, 5) is 2.55. The van der Waals surface area contributed by atoms with Gasteiger partial charge in [-0.25, -0.2) is 0 Å². The average molecular weight is 485 g/mol. The largest absolute Gasteiger partial charge is 0.0905 e. The molecule has 0 atom stereocenters. The van der Waals surface area contributed by atoms with Crippen LogP contribution in [-0.4, -0.2) is 0 Å². The average Bonchev–Trinajstić information content (AvgIpc) is 2.83. The molecule has 186 valence electrons. The zero-order chi connectivity index (χ0) is 25.8. The van der Waals surface area contributed by atoms with Gasteiger partial charge in [-0.1, -0.05) is 109 Å². The van der Waals surface area contributed by atoms with Crippen LogP contribution in [0.2, 0.25) is 0 Å². The molecule has 3 aromatic carbocycles. The van der Waals surface area contributed by atoms with Crippen LogP contribution in [0.15, 0.2) is 77.0 Å². The number of benzene rings is 3. The SMILES string of the molecule is C=C(c1ccc(Sc2ccc(C(C)(C)C)cc2)cc1C)c1cc(CCC(C)(CC)CC)ccc1C. The molecule has 0 saturated heterocycles. The second-order valence-corrected chi connectivity index (χ2v) is 12.6. The molecule has 0 unspecified atom stereocenters. The predicted molar refractivity (Wildman–Crippen MR) is 157 cm³/mol. The van der Waals surface area contributed by atoms with Crippen LogP contribution < -0.4 is 0 Å². The standard InChI is InChI=1S/C34H44S/c1-10-34(9,11-2)21-20-27-13-12-24(3)32(23-27)26(5)31-19-18-30(22-25(31)4)35-29-16-14-28(15-17-29)33(6,7)8/h12-19,22-23H,5,10-11,20-21H2,1-4,6-9H3. The van der Waals surface area contributed by atoms with Gasteiger partial charge < -0.3 is 0 Å². The lowest BCUT2D eigenvalue weighted by Crippen LogP contribution is -2.14. The molecule has 0 saturated carbocycles. The fourth-order valence-electron chi connectivity index (χ4n) is 4.54. The van der Waals surface area contributed by atoms with E-state index in [-0.39, 0.29) is 5.41 Å². The molecule has 0 heterocycles. The predicted octanol–water partition coefficient (Wildman–Crippen LogP) is 10.6. The minimum absolute atomic E-state index is 0.183. The Labute approximate surface area is 219 Å². The van der Waals surface area contributed by atoms with Crippen LogP contribution in [0.5, 0.6) is 0 Å². The van der Waals surface area contributed by atoms with E-state index >= 15 is 0 Å². The minimum atomic E-state index is 0.183. The second-order valence-electron chi connectivity index (χ2n) is 11.5. The third-order valence-corrected chi connectivity index (χ3v) is 8.83. The van der Waals surface area contributed by atoms with Crippen molar-refractivity contribution in [3.63, 3.8) is 0 Å². The summed E-state index contributed by atoms with van der Waals surface area (Å²) in [6.07, 6.45) is 4.83. The molecule has 0 aliphatic heterocycles. The van der Waals surface area contributed by atoms with Gasteiger partial charge in [0.05, 0.1) is 0 Å². The molecule has 0 aromatic heterocycles. The molecule has 0 aliphatic carbocycles. The van der Waals surface area contributed by atoms with Crippen molar-refractivity contribution in [1.29, 1.82) is 0 Å². The first-order valence-electron chi connectivity index (χ1n) is 13.1. The van der Waals surface area contributed by atoms with Crippen molar-refractivity contribution < 1.29 is 0 Å². The normalized spacial score (nSPS) is 12.1. The molecule has 0 nitrogen and oxygen atoms in total. The van der Waals surface area contributed by atoms with Gasteiger partial charge in [-0.2, -0.15) is 0 Å². The maximum absolute atomic E-state index is 4.54.